The Morgan fingerprint density at radius 3 is 2.79 bits per heavy atom. The Bertz CT molecular complexity index is 599. The lowest BCUT2D eigenvalue weighted by Gasteiger charge is -2.27. The highest BCUT2D eigenvalue weighted by Gasteiger charge is 2.25. The Labute approximate surface area is 112 Å². The molecule has 0 radical (unpaired) electrons. The van der Waals surface area contributed by atoms with Gasteiger partial charge in [-0.15, -0.1) is 0 Å². The van der Waals surface area contributed by atoms with Gasteiger partial charge in [0.05, 0.1) is 5.52 Å². The van der Waals surface area contributed by atoms with Crippen LogP contribution in [-0.4, -0.2) is 27.8 Å². The quantitative estimate of drug-likeness (QED) is 0.873. The number of carbonyl (C=O) groups is 1. The molecule has 1 atom stereocenters. The van der Waals surface area contributed by atoms with Crippen molar-refractivity contribution in [2.24, 2.45) is 12.8 Å². The highest BCUT2D eigenvalue weighted by Crippen LogP contribution is 2.18. The summed E-state index contributed by atoms with van der Waals surface area (Å²) in [6, 6.07) is 7.69. The topological polar surface area (TPSA) is 72.9 Å². The van der Waals surface area contributed by atoms with E-state index in [0.29, 0.717) is 12.2 Å². The van der Waals surface area contributed by atoms with Gasteiger partial charge in [-0.05, 0) is 19.4 Å². The van der Waals surface area contributed by atoms with Crippen molar-refractivity contribution in [1.82, 2.24) is 15.1 Å². The summed E-state index contributed by atoms with van der Waals surface area (Å²) in [6.45, 7) is 4.35. The van der Waals surface area contributed by atoms with Gasteiger partial charge >= 0.3 is 0 Å². The molecule has 0 saturated heterocycles. The summed E-state index contributed by atoms with van der Waals surface area (Å²) in [6.07, 6.45) is 0.778. The minimum Gasteiger partial charge on any atom is -0.344 e. The lowest BCUT2D eigenvalue weighted by atomic mass is 9.99. The molecule has 1 aromatic carbocycles. The smallest absolute Gasteiger partial charge is 0.272 e. The van der Waals surface area contributed by atoms with Crippen molar-refractivity contribution in [2.45, 2.75) is 25.8 Å². The van der Waals surface area contributed by atoms with E-state index < -0.39 is 5.54 Å². The van der Waals surface area contributed by atoms with E-state index in [1.165, 1.54) is 0 Å². The van der Waals surface area contributed by atoms with E-state index in [9.17, 15) is 4.79 Å². The van der Waals surface area contributed by atoms with Crippen molar-refractivity contribution in [3.63, 3.8) is 0 Å². The average Bonchev–Trinajstić information content (AvgIpc) is 2.77. The van der Waals surface area contributed by atoms with Crippen LogP contribution >= 0.6 is 0 Å². The van der Waals surface area contributed by atoms with Gasteiger partial charge in [-0.25, -0.2) is 0 Å². The van der Waals surface area contributed by atoms with E-state index >= 15 is 0 Å². The van der Waals surface area contributed by atoms with E-state index in [4.69, 9.17) is 5.73 Å². The van der Waals surface area contributed by atoms with E-state index in [-0.39, 0.29) is 5.91 Å². The zero-order valence-corrected chi connectivity index (χ0v) is 11.6. The van der Waals surface area contributed by atoms with Gasteiger partial charge in [-0.1, -0.05) is 25.1 Å². The number of nitrogens with one attached hydrogen (secondary N) is 1. The first kappa shape index (κ1) is 13.5. The van der Waals surface area contributed by atoms with Crippen LogP contribution < -0.4 is 11.1 Å². The van der Waals surface area contributed by atoms with Crippen molar-refractivity contribution < 1.29 is 4.79 Å². The Morgan fingerprint density at radius 2 is 2.16 bits per heavy atom. The third-order valence-corrected chi connectivity index (χ3v) is 3.62. The number of hydrogen-bond donors (Lipinski definition) is 2. The summed E-state index contributed by atoms with van der Waals surface area (Å²) in [5, 5.41) is 8.14. The molecule has 0 aliphatic carbocycles. The molecule has 0 aliphatic heterocycles. The predicted molar refractivity (Wildman–Crippen MR) is 75.9 cm³/mol. The molecule has 2 rings (SSSR count). The number of nitrogens with two attached hydrogens (primary N) is 1. The summed E-state index contributed by atoms with van der Waals surface area (Å²) < 4.78 is 1.72. The van der Waals surface area contributed by atoms with Crippen LogP contribution in [0.5, 0.6) is 0 Å². The summed E-state index contributed by atoms with van der Waals surface area (Å²) in [4.78, 5) is 12.4. The van der Waals surface area contributed by atoms with E-state index in [1.54, 1.807) is 4.68 Å². The molecule has 1 unspecified atom stereocenters. The number of benzene rings is 1. The average molecular weight is 260 g/mol. The molecule has 2 aromatic rings. The van der Waals surface area contributed by atoms with Gasteiger partial charge in [-0.2, -0.15) is 5.10 Å². The van der Waals surface area contributed by atoms with E-state index in [1.807, 2.05) is 45.2 Å². The number of aryl methyl sites for hydroxylation is 1. The molecule has 5 heteroatoms. The lowest BCUT2D eigenvalue weighted by Crippen LogP contribution is -2.51. The molecule has 0 bridgehead atoms. The van der Waals surface area contributed by atoms with E-state index in [2.05, 4.69) is 10.4 Å². The SMILES string of the molecule is CCC(C)(CN)NC(=O)c1nn(C)c2ccccc12. The molecular weight excluding hydrogens is 240 g/mol. The van der Waals surface area contributed by atoms with Crippen molar-refractivity contribution in [3.8, 4) is 0 Å². The molecule has 1 aromatic heterocycles. The minimum absolute atomic E-state index is 0.174. The Balaban J connectivity index is 2.37. The van der Waals surface area contributed by atoms with Crippen LogP contribution in [0.25, 0.3) is 10.9 Å². The molecule has 0 saturated carbocycles. The first-order valence-electron chi connectivity index (χ1n) is 6.45. The molecule has 0 spiro atoms. The third-order valence-electron chi connectivity index (χ3n) is 3.62. The molecule has 1 heterocycles. The van der Waals surface area contributed by atoms with Crippen LogP contribution in [0.2, 0.25) is 0 Å². The largest absolute Gasteiger partial charge is 0.344 e. The van der Waals surface area contributed by atoms with Gasteiger partial charge in [0, 0.05) is 24.5 Å². The normalized spacial score (nSPS) is 14.3. The van der Waals surface area contributed by atoms with E-state index in [0.717, 1.165) is 17.3 Å². The number of aromatic nitrogens is 2. The lowest BCUT2D eigenvalue weighted by molar-refractivity contribution is 0.0902. The van der Waals surface area contributed by atoms with Crippen LogP contribution in [0.1, 0.15) is 30.8 Å². The fourth-order valence-corrected chi connectivity index (χ4v) is 2.00. The van der Waals surface area contributed by atoms with Crippen molar-refractivity contribution >= 4 is 16.8 Å². The number of fused-ring (bicyclic) bond motifs is 1. The fraction of sp³-hybridized carbons (Fsp3) is 0.429. The molecule has 1 amide bonds. The number of para-hydroxylation sites is 1. The van der Waals surface area contributed by atoms with Crippen LogP contribution in [0.4, 0.5) is 0 Å². The number of rotatable bonds is 4. The zero-order chi connectivity index (χ0) is 14.0. The maximum Gasteiger partial charge on any atom is 0.272 e. The number of amides is 1. The molecular formula is C14H20N4O. The highest BCUT2D eigenvalue weighted by molar-refractivity contribution is 6.05. The van der Waals surface area contributed by atoms with Crippen molar-refractivity contribution in [3.05, 3.63) is 30.0 Å². The molecule has 3 N–H and O–H groups in total. The maximum absolute atomic E-state index is 12.4. The predicted octanol–water partition coefficient (Wildman–Crippen LogP) is 1.43. The second-order valence-corrected chi connectivity index (χ2v) is 5.06. The van der Waals surface area contributed by atoms with Crippen molar-refractivity contribution in [1.29, 1.82) is 0 Å². The van der Waals surface area contributed by atoms with Gasteiger partial charge in [-0.3, -0.25) is 9.48 Å². The number of nitrogens with zero attached hydrogens (tertiary/aromatic N) is 2. The van der Waals surface area contributed by atoms with Crippen molar-refractivity contribution in [2.75, 3.05) is 6.54 Å². The highest BCUT2D eigenvalue weighted by atomic mass is 16.2. The van der Waals surface area contributed by atoms with Gasteiger partial charge in [0.1, 0.15) is 0 Å². The fourth-order valence-electron chi connectivity index (χ4n) is 2.00. The van der Waals surface area contributed by atoms with Crippen LogP contribution in [-0.2, 0) is 7.05 Å². The van der Waals surface area contributed by atoms with Crippen LogP contribution in [0.3, 0.4) is 0 Å². The molecule has 0 fully saturated rings. The third kappa shape index (κ3) is 2.46. The first-order valence-corrected chi connectivity index (χ1v) is 6.45. The standard InChI is InChI=1S/C14H20N4O/c1-4-14(2,9-15)16-13(19)12-10-7-5-6-8-11(10)18(3)17-12/h5-8H,4,9,15H2,1-3H3,(H,16,19). The Kier molecular flexibility index (Phi) is 3.57. The minimum atomic E-state index is -0.393. The second-order valence-electron chi connectivity index (χ2n) is 5.06. The maximum atomic E-state index is 12.4. The first-order chi connectivity index (χ1) is 9.00. The van der Waals surface area contributed by atoms with Gasteiger partial charge in [0.15, 0.2) is 5.69 Å². The number of carbonyl (C=O) groups excluding carboxylic acids is 1. The summed E-state index contributed by atoms with van der Waals surface area (Å²) in [7, 11) is 1.83. The Hall–Kier alpha value is -1.88. The van der Waals surface area contributed by atoms with Crippen LogP contribution in [0, 0.1) is 0 Å². The van der Waals surface area contributed by atoms with Crippen LogP contribution in [0.15, 0.2) is 24.3 Å². The molecule has 5 nitrogen and oxygen atoms in total. The zero-order valence-electron chi connectivity index (χ0n) is 11.6. The monoisotopic (exact) mass is 260 g/mol. The summed E-state index contributed by atoms with van der Waals surface area (Å²) in [5.74, 6) is -0.174. The van der Waals surface area contributed by atoms with Gasteiger partial charge in [0.2, 0.25) is 0 Å². The van der Waals surface area contributed by atoms with Gasteiger partial charge < -0.3 is 11.1 Å². The summed E-state index contributed by atoms with van der Waals surface area (Å²) in [5.41, 5.74) is 6.72. The summed E-state index contributed by atoms with van der Waals surface area (Å²) >= 11 is 0. The second kappa shape index (κ2) is 5.01. The molecule has 102 valence electrons. The Morgan fingerprint density at radius 1 is 1.47 bits per heavy atom. The molecule has 19 heavy (non-hydrogen) atoms. The number of hydrogen-bond acceptors (Lipinski definition) is 3. The molecule has 0 aliphatic rings. The van der Waals surface area contributed by atoms with Gasteiger partial charge in [0.25, 0.3) is 5.91 Å².